The molecule has 1 aliphatic heterocycles. The van der Waals surface area contributed by atoms with Crippen LogP contribution in [0.25, 0.3) is 0 Å². The van der Waals surface area contributed by atoms with Gasteiger partial charge in [0.25, 0.3) is 0 Å². The van der Waals surface area contributed by atoms with E-state index in [0.717, 1.165) is 30.4 Å². The molecule has 0 spiro atoms. The molecule has 0 radical (unpaired) electrons. The zero-order valence-electron chi connectivity index (χ0n) is 10.0. The van der Waals surface area contributed by atoms with Crippen molar-refractivity contribution in [2.45, 2.75) is 13.8 Å². The van der Waals surface area contributed by atoms with Crippen LogP contribution >= 0.6 is 0 Å². The zero-order chi connectivity index (χ0) is 11.5. The summed E-state index contributed by atoms with van der Waals surface area (Å²) < 4.78 is 0. The van der Waals surface area contributed by atoms with Crippen molar-refractivity contribution in [2.75, 3.05) is 25.5 Å². The van der Waals surface area contributed by atoms with E-state index in [1.165, 1.54) is 11.1 Å². The molecule has 86 valence electrons. The van der Waals surface area contributed by atoms with Crippen LogP contribution in [0.4, 0.5) is 11.4 Å². The van der Waals surface area contributed by atoms with Gasteiger partial charge in [-0.25, -0.2) is 4.99 Å². The number of aryl methyl sites for hydroxylation is 2. The summed E-state index contributed by atoms with van der Waals surface area (Å²) in [6.45, 7) is 6.07. The van der Waals surface area contributed by atoms with Gasteiger partial charge in [0.15, 0.2) is 5.96 Å². The van der Waals surface area contributed by atoms with Crippen molar-refractivity contribution in [3.05, 3.63) is 23.3 Å². The molecule has 1 aromatic rings. The van der Waals surface area contributed by atoms with Crippen LogP contribution in [-0.2, 0) is 0 Å². The summed E-state index contributed by atoms with van der Waals surface area (Å²) in [6, 6.07) is 4.22. The Morgan fingerprint density at radius 2 is 1.69 bits per heavy atom. The second-order valence-electron chi connectivity index (χ2n) is 4.02. The normalized spacial score (nSPS) is 14.3. The van der Waals surface area contributed by atoms with Gasteiger partial charge in [0.05, 0.1) is 5.69 Å². The highest BCUT2D eigenvalue weighted by Gasteiger charge is 2.08. The molecule has 0 saturated carbocycles. The third-order valence-corrected chi connectivity index (χ3v) is 2.71. The molecule has 1 aromatic carbocycles. The standard InChI is InChI=1S/C12H18N4/c1-8-6-10(13-3)7-9(2)11(8)16-12-14-4-5-15-12/h6-7,13H,4-5H2,1-3H3,(H2,14,15,16). The van der Waals surface area contributed by atoms with Gasteiger partial charge in [-0.3, -0.25) is 0 Å². The highest BCUT2D eigenvalue weighted by atomic mass is 15.2. The highest BCUT2D eigenvalue weighted by molar-refractivity contribution is 5.85. The topological polar surface area (TPSA) is 48.5 Å². The van der Waals surface area contributed by atoms with E-state index in [2.05, 4.69) is 46.9 Å². The number of benzene rings is 1. The van der Waals surface area contributed by atoms with E-state index >= 15 is 0 Å². The smallest absolute Gasteiger partial charge is 0.196 e. The van der Waals surface area contributed by atoms with Crippen molar-refractivity contribution in [1.82, 2.24) is 10.6 Å². The Balaban J connectivity index is 2.37. The third-order valence-electron chi connectivity index (χ3n) is 2.71. The maximum absolute atomic E-state index is 4.60. The Morgan fingerprint density at radius 1 is 1.12 bits per heavy atom. The van der Waals surface area contributed by atoms with Gasteiger partial charge in [-0.05, 0) is 37.1 Å². The maximum Gasteiger partial charge on any atom is 0.196 e. The zero-order valence-corrected chi connectivity index (χ0v) is 10.0. The minimum Gasteiger partial charge on any atom is -0.388 e. The fraction of sp³-hybridized carbons (Fsp3) is 0.417. The molecule has 2 rings (SSSR count). The van der Waals surface area contributed by atoms with Gasteiger partial charge in [-0.15, -0.1) is 0 Å². The molecule has 1 saturated heterocycles. The summed E-state index contributed by atoms with van der Waals surface area (Å²) in [4.78, 5) is 4.60. The Morgan fingerprint density at radius 3 is 2.19 bits per heavy atom. The first kappa shape index (κ1) is 10.8. The maximum atomic E-state index is 4.60. The van der Waals surface area contributed by atoms with E-state index in [1.54, 1.807) is 0 Å². The van der Waals surface area contributed by atoms with Gasteiger partial charge in [-0.1, -0.05) is 0 Å². The lowest BCUT2D eigenvalue weighted by atomic mass is 10.1. The Bertz CT molecular complexity index is 392. The number of nitrogens with zero attached hydrogens (tertiary/aromatic N) is 1. The van der Waals surface area contributed by atoms with Gasteiger partial charge in [0.2, 0.25) is 0 Å². The Kier molecular flexibility index (Phi) is 2.99. The van der Waals surface area contributed by atoms with Crippen LogP contribution in [0.2, 0.25) is 0 Å². The molecule has 0 unspecified atom stereocenters. The summed E-state index contributed by atoms with van der Waals surface area (Å²) in [7, 11) is 1.93. The summed E-state index contributed by atoms with van der Waals surface area (Å²) in [6.07, 6.45) is 0. The summed E-state index contributed by atoms with van der Waals surface area (Å²) in [5.41, 5.74) is 4.56. The molecule has 0 bridgehead atoms. The first-order valence-electron chi connectivity index (χ1n) is 5.56. The minimum atomic E-state index is 0.878. The van der Waals surface area contributed by atoms with E-state index in [1.807, 2.05) is 7.05 Å². The highest BCUT2D eigenvalue weighted by Crippen LogP contribution is 2.27. The van der Waals surface area contributed by atoms with E-state index in [4.69, 9.17) is 0 Å². The van der Waals surface area contributed by atoms with Crippen LogP contribution in [0.5, 0.6) is 0 Å². The monoisotopic (exact) mass is 218 g/mol. The van der Waals surface area contributed by atoms with Crippen molar-refractivity contribution in [2.24, 2.45) is 4.99 Å². The largest absolute Gasteiger partial charge is 0.388 e. The second kappa shape index (κ2) is 4.43. The van der Waals surface area contributed by atoms with Crippen molar-refractivity contribution < 1.29 is 0 Å². The average molecular weight is 218 g/mol. The van der Waals surface area contributed by atoms with Crippen LogP contribution < -0.4 is 16.0 Å². The Labute approximate surface area is 96.2 Å². The van der Waals surface area contributed by atoms with E-state index in [0.29, 0.717) is 0 Å². The fourth-order valence-electron chi connectivity index (χ4n) is 1.89. The first-order valence-corrected chi connectivity index (χ1v) is 5.56. The van der Waals surface area contributed by atoms with Gasteiger partial charge in [-0.2, -0.15) is 0 Å². The third kappa shape index (κ3) is 2.10. The van der Waals surface area contributed by atoms with Crippen molar-refractivity contribution in [3.8, 4) is 0 Å². The lowest BCUT2D eigenvalue weighted by Crippen LogP contribution is -2.23. The van der Waals surface area contributed by atoms with Gasteiger partial charge >= 0.3 is 0 Å². The molecule has 1 heterocycles. The lowest BCUT2D eigenvalue weighted by molar-refractivity contribution is 0.942. The molecular formula is C12H18N4. The Hall–Kier alpha value is -1.71. The quantitative estimate of drug-likeness (QED) is 0.705. The van der Waals surface area contributed by atoms with Crippen LogP contribution in [0, 0.1) is 13.8 Å². The molecule has 1 aliphatic rings. The average Bonchev–Trinajstić information content (AvgIpc) is 2.75. The van der Waals surface area contributed by atoms with Crippen LogP contribution in [-0.4, -0.2) is 26.1 Å². The number of nitrogens with one attached hydrogen (secondary N) is 3. The first-order chi connectivity index (χ1) is 7.70. The summed E-state index contributed by atoms with van der Waals surface area (Å²) >= 11 is 0. The van der Waals surface area contributed by atoms with Crippen molar-refractivity contribution in [3.63, 3.8) is 0 Å². The van der Waals surface area contributed by atoms with Crippen LogP contribution in [0.15, 0.2) is 17.1 Å². The molecular weight excluding hydrogens is 200 g/mol. The van der Waals surface area contributed by atoms with Crippen molar-refractivity contribution >= 4 is 17.3 Å². The fourth-order valence-corrected chi connectivity index (χ4v) is 1.89. The SMILES string of the molecule is CNc1cc(C)c(N=C2NCCN2)c(C)c1. The predicted octanol–water partition coefficient (Wildman–Crippen LogP) is 1.53. The van der Waals surface area contributed by atoms with Gasteiger partial charge in [0.1, 0.15) is 0 Å². The number of anilines is 1. The predicted molar refractivity (Wildman–Crippen MR) is 68.6 cm³/mol. The van der Waals surface area contributed by atoms with E-state index in [9.17, 15) is 0 Å². The number of rotatable bonds is 2. The minimum absolute atomic E-state index is 0.878. The number of hydrogen-bond donors (Lipinski definition) is 3. The number of hydrogen-bond acceptors (Lipinski definition) is 2. The van der Waals surface area contributed by atoms with Crippen LogP contribution in [0.1, 0.15) is 11.1 Å². The van der Waals surface area contributed by atoms with Crippen molar-refractivity contribution in [1.29, 1.82) is 0 Å². The molecule has 0 aromatic heterocycles. The van der Waals surface area contributed by atoms with Crippen LogP contribution in [0.3, 0.4) is 0 Å². The number of aliphatic imine (C=N–C) groups is 1. The molecule has 4 heteroatoms. The second-order valence-corrected chi connectivity index (χ2v) is 4.02. The summed E-state index contributed by atoms with van der Waals surface area (Å²) in [5, 5.41) is 9.57. The molecule has 4 nitrogen and oxygen atoms in total. The molecule has 1 fully saturated rings. The lowest BCUT2D eigenvalue weighted by Gasteiger charge is -2.09. The van der Waals surface area contributed by atoms with Gasteiger partial charge < -0.3 is 16.0 Å². The molecule has 0 amide bonds. The molecule has 3 N–H and O–H groups in total. The molecule has 0 atom stereocenters. The van der Waals surface area contributed by atoms with E-state index < -0.39 is 0 Å². The summed E-state index contributed by atoms with van der Waals surface area (Å²) in [5.74, 6) is 0.878. The number of guanidine groups is 1. The molecule has 16 heavy (non-hydrogen) atoms. The van der Waals surface area contributed by atoms with Gasteiger partial charge in [0, 0.05) is 25.8 Å². The van der Waals surface area contributed by atoms with E-state index in [-0.39, 0.29) is 0 Å². The molecule has 0 aliphatic carbocycles.